The van der Waals surface area contributed by atoms with Crippen molar-refractivity contribution in [3.8, 4) is 22.8 Å². The fourth-order valence-electron chi connectivity index (χ4n) is 2.56. The molecule has 0 unspecified atom stereocenters. The monoisotopic (exact) mass is 326 g/mol. The Morgan fingerprint density at radius 2 is 1.91 bits per heavy atom. The van der Waals surface area contributed by atoms with Crippen LogP contribution in [-0.4, -0.2) is 8.75 Å². The maximum Gasteiger partial charge on any atom is 0.121 e. The zero-order valence-electron chi connectivity index (χ0n) is 12.6. The van der Waals surface area contributed by atoms with Crippen LogP contribution in [0.25, 0.3) is 21.5 Å². The molecule has 0 amide bonds. The fraction of sp³-hybridized carbons (Fsp3) is 0.333. The first-order valence-electron chi connectivity index (χ1n) is 7.64. The molecular formula is C18H18N2S2. The maximum atomic E-state index is 5.54. The lowest BCUT2D eigenvalue weighted by Gasteiger charge is -2.00. The van der Waals surface area contributed by atoms with E-state index in [1.807, 2.05) is 17.4 Å². The predicted molar refractivity (Wildman–Crippen MR) is 96.5 cm³/mol. The van der Waals surface area contributed by atoms with Gasteiger partial charge in [0.2, 0.25) is 0 Å². The highest BCUT2D eigenvalue weighted by atomic mass is 32.1. The van der Waals surface area contributed by atoms with Crippen LogP contribution in [0.4, 0.5) is 0 Å². The molecule has 1 aromatic carbocycles. The quantitative estimate of drug-likeness (QED) is 0.440. The number of nitrogens with zero attached hydrogens (tertiary/aromatic N) is 2. The smallest absolute Gasteiger partial charge is 0.121 e. The zero-order valence-corrected chi connectivity index (χ0v) is 14.3. The van der Waals surface area contributed by atoms with Gasteiger partial charge in [-0.05, 0) is 37.1 Å². The van der Waals surface area contributed by atoms with E-state index >= 15 is 0 Å². The number of hydrogen-bond donors (Lipinski definition) is 0. The van der Waals surface area contributed by atoms with Crippen molar-refractivity contribution >= 4 is 34.1 Å². The van der Waals surface area contributed by atoms with Crippen molar-refractivity contribution in [2.75, 3.05) is 0 Å². The lowest BCUT2D eigenvalue weighted by Crippen LogP contribution is -1.82. The van der Waals surface area contributed by atoms with Gasteiger partial charge in [0, 0.05) is 15.3 Å². The van der Waals surface area contributed by atoms with Crippen molar-refractivity contribution in [2.45, 2.75) is 39.0 Å². The average molecular weight is 326 g/mol. The lowest BCUT2D eigenvalue weighted by molar-refractivity contribution is 0.670. The summed E-state index contributed by atoms with van der Waals surface area (Å²) in [4.78, 5) is 2.70. The number of aromatic nitrogens is 2. The Labute approximate surface area is 139 Å². The van der Waals surface area contributed by atoms with E-state index in [4.69, 9.17) is 6.42 Å². The van der Waals surface area contributed by atoms with Crippen molar-refractivity contribution in [3.05, 3.63) is 34.7 Å². The number of aryl methyl sites for hydroxylation is 1. The third-order valence-corrected chi connectivity index (χ3v) is 5.48. The molecule has 0 N–H and O–H groups in total. The van der Waals surface area contributed by atoms with Gasteiger partial charge in [0.1, 0.15) is 11.0 Å². The van der Waals surface area contributed by atoms with E-state index in [9.17, 15) is 0 Å². The second-order valence-corrected chi connectivity index (χ2v) is 7.04. The van der Waals surface area contributed by atoms with Gasteiger partial charge in [-0.1, -0.05) is 32.1 Å². The van der Waals surface area contributed by atoms with Crippen LogP contribution in [0.15, 0.2) is 24.3 Å². The first kappa shape index (κ1) is 15.2. The Morgan fingerprint density at radius 3 is 2.73 bits per heavy atom. The number of hydrogen-bond acceptors (Lipinski definition) is 4. The van der Waals surface area contributed by atoms with E-state index in [0.29, 0.717) is 0 Å². The Balaban J connectivity index is 1.85. The predicted octanol–water partition coefficient (Wildman–Crippen LogP) is 5.52. The average Bonchev–Trinajstić information content (AvgIpc) is 3.20. The summed E-state index contributed by atoms with van der Waals surface area (Å²) in [5, 5.41) is 0. The minimum Gasteiger partial charge on any atom is -0.172 e. The van der Waals surface area contributed by atoms with Crippen LogP contribution in [0, 0.1) is 12.3 Å². The van der Waals surface area contributed by atoms with Crippen LogP contribution in [-0.2, 0) is 6.42 Å². The molecular weight excluding hydrogens is 308 g/mol. The molecule has 0 bridgehead atoms. The standard InChI is InChI=1S/C18H18N2S2/c1-3-5-6-7-8-14-10-12-16(21-14)15-11-9-13(4-2)17-18(15)20-22-19-17/h2,9-12H,3,5-8H2,1H3. The van der Waals surface area contributed by atoms with Crippen LogP contribution in [0.5, 0.6) is 0 Å². The molecule has 0 saturated heterocycles. The van der Waals surface area contributed by atoms with Crippen LogP contribution in [0.2, 0.25) is 0 Å². The van der Waals surface area contributed by atoms with Gasteiger partial charge in [-0.2, -0.15) is 8.75 Å². The van der Waals surface area contributed by atoms with Gasteiger partial charge in [-0.15, -0.1) is 17.8 Å². The number of terminal acetylenes is 1. The molecule has 0 spiro atoms. The molecule has 2 aromatic heterocycles. The third kappa shape index (κ3) is 3.06. The van der Waals surface area contributed by atoms with E-state index < -0.39 is 0 Å². The van der Waals surface area contributed by atoms with Crippen molar-refractivity contribution in [3.63, 3.8) is 0 Å². The second-order valence-electron chi connectivity index (χ2n) is 5.34. The molecule has 0 aliphatic carbocycles. The summed E-state index contributed by atoms with van der Waals surface area (Å²) in [5.41, 5.74) is 3.75. The highest BCUT2D eigenvalue weighted by molar-refractivity contribution is 7.15. The highest BCUT2D eigenvalue weighted by Gasteiger charge is 2.12. The largest absolute Gasteiger partial charge is 0.172 e. The Morgan fingerprint density at radius 1 is 1.05 bits per heavy atom. The summed E-state index contributed by atoms with van der Waals surface area (Å²) >= 11 is 3.09. The summed E-state index contributed by atoms with van der Waals surface area (Å²) in [5.74, 6) is 2.69. The molecule has 22 heavy (non-hydrogen) atoms. The molecule has 3 aromatic rings. The van der Waals surface area contributed by atoms with Gasteiger partial charge < -0.3 is 0 Å². The van der Waals surface area contributed by atoms with E-state index in [1.165, 1.54) is 53.6 Å². The lowest BCUT2D eigenvalue weighted by atomic mass is 10.1. The number of rotatable bonds is 6. The van der Waals surface area contributed by atoms with Crippen LogP contribution >= 0.6 is 23.1 Å². The Kier molecular flexibility index (Phi) is 4.87. The summed E-state index contributed by atoms with van der Waals surface area (Å²) in [6.07, 6.45) is 11.9. The second kappa shape index (κ2) is 7.04. The molecule has 0 aliphatic heterocycles. The first-order valence-corrected chi connectivity index (χ1v) is 9.19. The molecule has 2 nitrogen and oxygen atoms in total. The van der Waals surface area contributed by atoms with E-state index in [2.05, 4.69) is 39.8 Å². The molecule has 0 saturated carbocycles. The number of benzene rings is 1. The van der Waals surface area contributed by atoms with Crippen LogP contribution in [0.1, 0.15) is 43.0 Å². The van der Waals surface area contributed by atoms with Crippen molar-refractivity contribution in [1.82, 2.24) is 8.75 Å². The van der Waals surface area contributed by atoms with Gasteiger partial charge in [-0.25, -0.2) is 0 Å². The summed E-state index contributed by atoms with van der Waals surface area (Å²) < 4.78 is 8.79. The molecule has 0 atom stereocenters. The molecule has 0 radical (unpaired) electrons. The number of thiophene rings is 1. The SMILES string of the molecule is C#Cc1ccc(-c2ccc(CCCCCC)s2)c2nsnc12. The highest BCUT2D eigenvalue weighted by Crippen LogP contribution is 2.34. The van der Waals surface area contributed by atoms with Gasteiger partial charge in [0.25, 0.3) is 0 Å². The van der Waals surface area contributed by atoms with Gasteiger partial charge in [-0.3, -0.25) is 0 Å². The normalized spacial score (nSPS) is 10.9. The Bertz CT molecular complexity index is 808. The van der Waals surface area contributed by atoms with Gasteiger partial charge >= 0.3 is 0 Å². The molecule has 2 heterocycles. The molecule has 0 aliphatic rings. The van der Waals surface area contributed by atoms with E-state index in [-0.39, 0.29) is 0 Å². The molecule has 112 valence electrons. The third-order valence-electron chi connectivity index (χ3n) is 3.77. The first-order chi connectivity index (χ1) is 10.8. The number of unbranched alkanes of at least 4 members (excludes halogenated alkanes) is 3. The topological polar surface area (TPSA) is 25.8 Å². The number of fused-ring (bicyclic) bond motifs is 1. The maximum absolute atomic E-state index is 5.54. The molecule has 4 heteroatoms. The summed E-state index contributed by atoms with van der Waals surface area (Å²) in [6.45, 7) is 2.25. The van der Waals surface area contributed by atoms with Crippen molar-refractivity contribution in [2.24, 2.45) is 0 Å². The minimum atomic E-state index is 0.823. The van der Waals surface area contributed by atoms with Crippen molar-refractivity contribution in [1.29, 1.82) is 0 Å². The molecule has 0 fully saturated rings. The van der Waals surface area contributed by atoms with Crippen LogP contribution < -0.4 is 0 Å². The fourth-order valence-corrected chi connectivity index (χ4v) is 4.21. The van der Waals surface area contributed by atoms with E-state index in [0.717, 1.165) is 22.2 Å². The van der Waals surface area contributed by atoms with Gasteiger partial charge in [0.15, 0.2) is 0 Å². The Hall–Kier alpha value is -1.70. The van der Waals surface area contributed by atoms with Crippen LogP contribution in [0.3, 0.4) is 0 Å². The summed E-state index contributed by atoms with van der Waals surface area (Å²) in [6, 6.07) is 8.49. The van der Waals surface area contributed by atoms with Gasteiger partial charge in [0.05, 0.1) is 17.3 Å². The zero-order chi connectivity index (χ0) is 15.4. The van der Waals surface area contributed by atoms with Crippen molar-refractivity contribution < 1.29 is 0 Å². The summed E-state index contributed by atoms with van der Waals surface area (Å²) in [7, 11) is 0. The van der Waals surface area contributed by atoms with E-state index in [1.54, 1.807) is 0 Å². The minimum absolute atomic E-state index is 0.823. The molecule has 3 rings (SSSR count).